The lowest BCUT2D eigenvalue weighted by molar-refractivity contribution is 0.238. The van der Waals surface area contributed by atoms with Gasteiger partial charge in [-0.2, -0.15) is 15.0 Å². The van der Waals surface area contributed by atoms with Gasteiger partial charge in [-0.1, -0.05) is 42.3 Å². The Morgan fingerprint density at radius 3 is 2.55 bits per heavy atom. The zero-order valence-electron chi connectivity index (χ0n) is 17.2. The van der Waals surface area contributed by atoms with E-state index in [4.69, 9.17) is 11.6 Å². The van der Waals surface area contributed by atoms with Gasteiger partial charge in [-0.15, -0.1) is 0 Å². The van der Waals surface area contributed by atoms with Gasteiger partial charge in [0.05, 0.1) is 23.9 Å². The molecule has 2 atom stereocenters. The number of hydrogen-bond donors (Lipinski definition) is 3. The Morgan fingerprint density at radius 2 is 1.94 bits per heavy atom. The Morgan fingerprint density at radius 1 is 1.26 bits per heavy atom. The van der Waals surface area contributed by atoms with Gasteiger partial charge in [-0.3, -0.25) is 4.72 Å². The normalized spacial score (nSPS) is 16.8. The minimum Gasteiger partial charge on any atom is -0.394 e. The molecule has 170 valence electrons. The van der Waals surface area contributed by atoms with Crippen LogP contribution in [0.25, 0.3) is 0 Å². The Labute approximate surface area is 190 Å². The van der Waals surface area contributed by atoms with E-state index < -0.39 is 15.8 Å². The van der Waals surface area contributed by atoms with Crippen LogP contribution in [0.1, 0.15) is 43.4 Å². The van der Waals surface area contributed by atoms with Gasteiger partial charge in [-0.05, 0) is 43.4 Å². The number of nitrogens with one attached hydrogen (secondary N) is 2. The van der Waals surface area contributed by atoms with Crippen molar-refractivity contribution in [1.29, 1.82) is 0 Å². The first-order chi connectivity index (χ1) is 14.6. The SMILES string of the molecule is CC(Sc1nc(N[C@@H](CO)C2CCCC2)nc(NS(C)(=O)=O)n1)c1ccc(Cl)c(F)c1. The number of thioether (sulfide) groups is 1. The Hall–Kier alpha value is -1.69. The molecule has 0 saturated heterocycles. The van der Waals surface area contributed by atoms with Crippen LogP contribution in [0, 0.1) is 11.7 Å². The molecule has 0 radical (unpaired) electrons. The van der Waals surface area contributed by atoms with Crippen LogP contribution in [0.5, 0.6) is 0 Å². The van der Waals surface area contributed by atoms with Crippen LogP contribution in [0.3, 0.4) is 0 Å². The van der Waals surface area contributed by atoms with Crippen molar-refractivity contribution in [3.63, 3.8) is 0 Å². The lowest BCUT2D eigenvalue weighted by Crippen LogP contribution is -2.32. The number of benzene rings is 1. The zero-order valence-corrected chi connectivity index (χ0v) is 19.6. The Bertz CT molecular complexity index is 1020. The van der Waals surface area contributed by atoms with E-state index in [0.717, 1.165) is 31.9 Å². The molecular formula is C19H25ClFN5O3S2. The summed E-state index contributed by atoms with van der Waals surface area (Å²) in [5.74, 6) is -0.185. The summed E-state index contributed by atoms with van der Waals surface area (Å²) in [5.41, 5.74) is 0.679. The molecule has 1 saturated carbocycles. The van der Waals surface area contributed by atoms with Crippen molar-refractivity contribution in [2.75, 3.05) is 22.9 Å². The van der Waals surface area contributed by atoms with Gasteiger partial charge in [0.15, 0.2) is 5.16 Å². The van der Waals surface area contributed by atoms with E-state index in [1.807, 2.05) is 6.92 Å². The van der Waals surface area contributed by atoms with Gasteiger partial charge in [0, 0.05) is 5.25 Å². The topological polar surface area (TPSA) is 117 Å². The predicted octanol–water partition coefficient (Wildman–Crippen LogP) is 3.85. The third-order valence-electron chi connectivity index (χ3n) is 5.07. The summed E-state index contributed by atoms with van der Waals surface area (Å²) >= 11 is 6.98. The van der Waals surface area contributed by atoms with Crippen molar-refractivity contribution in [3.8, 4) is 0 Å². The summed E-state index contributed by atoms with van der Waals surface area (Å²) in [5, 5.41) is 13.0. The number of anilines is 2. The number of sulfonamides is 1. The highest BCUT2D eigenvalue weighted by Crippen LogP contribution is 2.35. The second-order valence-electron chi connectivity index (χ2n) is 7.55. The molecule has 1 fully saturated rings. The molecule has 1 aliphatic carbocycles. The van der Waals surface area contributed by atoms with Crippen LogP contribution in [0.4, 0.5) is 16.3 Å². The van der Waals surface area contributed by atoms with Gasteiger partial charge in [0.1, 0.15) is 5.82 Å². The van der Waals surface area contributed by atoms with Crippen molar-refractivity contribution in [2.45, 2.75) is 49.1 Å². The molecule has 8 nitrogen and oxygen atoms in total. The van der Waals surface area contributed by atoms with Crippen LogP contribution in [0.2, 0.25) is 5.02 Å². The van der Waals surface area contributed by atoms with Crippen molar-refractivity contribution in [2.24, 2.45) is 5.92 Å². The standard InChI is InChI=1S/C19H25ClFN5O3S2/c1-11(13-7-8-14(20)15(21)9-13)30-19-24-17(23-18(25-19)26-31(2,28)29)22-16(10-27)12-5-3-4-6-12/h7-9,11-12,16,27H,3-6,10H2,1-2H3,(H2,22,23,24,25,26)/t11?,16-/m0/s1. The first-order valence-corrected chi connectivity index (χ1v) is 13.0. The number of nitrogens with zero attached hydrogens (tertiary/aromatic N) is 3. The summed E-state index contributed by atoms with van der Waals surface area (Å²) < 4.78 is 39.5. The fourth-order valence-electron chi connectivity index (χ4n) is 3.51. The predicted molar refractivity (Wildman–Crippen MR) is 120 cm³/mol. The van der Waals surface area contributed by atoms with E-state index in [9.17, 15) is 17.9 Å². The molecule has 31 heavy (non-hydrogen) atoms. The second kappa shape index (κ2) is 10.3. The van der Waals surface area contributed by atoms with Gasteiger partial charge >= 0.3 is 0 Å². The van der Waals surface area contributed by atoms with Crippen LogP contribution in [-0.2, 0) is 10.0 Å². The summed E-state index contributed by atoms with van der Waals surface area (Å²) in [7, 11) is -3.60. The van der Waals surface area contributed by atoms with Crippen LogP contribution >= 0.6 is 23.4 Å². The first-order valence-electron chi connectivity index (χ1n) is 9.87. The number of hydrogen-bond acceptors (Lipinski definition) is 8. The maximum atomic E-state index is 13.8. The maximum Gasteiger partial charge on any atom is 0.242 e. The molecule has 3 rings (SSSR count). The smallest absolute Gasteiger partial charge is 0.242 e. The molecule has 0 amide bonds. The van der Waals surface area contributed by atoms with Crippen molar-refractivity contribution < 1.29 is 17.9 Å². The molecule has 0 bridgehead atoms. The van der Waals surface area contributed by atoms with Crippen molar-refractivity contribution in [3.05, 3.63) is 34.6 Å². The molecule has 0 spiro atoms. The third-order valence-corrected chi connectivity index (χ3v) is 6.95. The highest BCUT2D eigenvalue weighted by atomic mass is 35.5. The number of aliphatic hydroxyl groups excluding tert-OH is 1. The molecule has 1 aliphatic rings. The molecule has 2 aromatic rings. The first kappa shape index (κ1) is 24.0. The highest BCUT2D eigenvalue weighted by Gasteiger charge is 2.26. The number of halogens is 2. The highest BCUT2D eigenvalue weighted by molar-refractivity contribution is 7.99. The average molecular weight is 490 g/mol. The maximum absolute atomic E-state index is 13.8. The van der Waals surface area contributed by atoms with E-state index in [1.165, 1.54) is 23.9 Å². The Kier molecular flexibility index (Phi) is 7.95. The molecule has 12 heteroatoms. The van der Waals surface area contributed by atoms with E-state index in [1.54, 1.807) is 6.07 Å². The van der Waals surface area contributed by atoms with Crippen molar-refractivity contribution >= 4 is 45.3 Å². The van der Waals surface area contributed by atoms with Crippen LogP contribution in [0.15, 0.2) is 23.4 Å². The average Bonchev–Trinajstić information content (AvgIpc) is 3.21. The van der Waals surface area contributed by atoms with Gasteiger partial charge in [0.25, 0.3) is 0 Å². The van der Waals surface area contributed by atoms with Gasteiger partial charge < -0.3 is 10.4 Å². The fraction of sp³-hybridized carbons (Fsp3) is 0.526. The number of aliphatic hydroxyl groups is 1. The molecule has 1 unspecified atom stereocenters. The molecular weight excluding hydrogens is 465 g/mol. The molecule has 1 aromatic heterocycles. The van der Waals surface area contributed by atoms with Gasteiger partial charge in [-0.25, -0.2) is 12.8 Å². The number of rotatable bonds is 9. The summed E-state index contributed by atoms with van der Waals surface area (Å²) in [4.78, 5) is 12.7. The lowest BCUT2D eigenvalue weighted by atomic mass is 9.99. The number of aromatic nitrogens is 3. The van der Waals surface area contributed by atoms with E-state index in [0.29, 0.717) is 11.5 Å². The van der Waals surface area contributed by atoms with Crippen molar-refractivity contribution in [1.82, 2.24) is 15.0 Å². The second-order valence-corrected chi connectivity index (χ2v) is 11.0. The lowest BCUT2D eigenvalue weighted by Gasteiger charge is -2.23. The summed E-state index contributed by atoms with van der Waals surface area (Å²) in [6.45, 7) is 1.76. The quantitative estimate of drug-likeness (QED) is 0.454. The van der Waals surface area contributed by atoms with Gasteiger partial charge in [0.2, 0.25) is 21.9 Å². The van der Waals surface area contributed by atoms with Crippen LogP contribution < -0.4 is 10.0 Å². The zero-order chi connectivity index (χ0) is 22.6. The minimum absolute atomic E-state index is 0.0363. The van der Waals surface area contributed by atoms with E-state index in [2.05, 4.69) is 25.0 Å². The molecule has 1 heterocycles. The largest absolute Gasteiger partial charge is 0.394 e. The molecule has 0 aliphatic heterocycles. The minimum atomic E-state index is -3.60. The molecule has 1 aromatic carbocycles. The molecule has 3 N–H and O–H groups in total. The summed E-state index contributed by atoms with van der Waals surface area (Å²) in [6.07, 6.45) is 5.22. The van der Waals surface area contributed by atoms with Crippen LogP contribution in [-0.4, -0.2) is 47.4 Å². The van der Waals surface area contributed by atoms with E-state index in [-0.39, 0.29) is 40.0 Å². The third kappa shape index (κ3) is 6.90. The summed E-state index contributed by atoms with van der Waals surface area (Å²) in [6, 6.07) is 4.30. The monoisotopic (exact) mass is 489 g/mol. The fourth-order valence-corrected chi connectivity index (χ4v) is 4.93. The Balaban J connectivity index is 1.86. The van der Waals surface area contributed by atoms with E-state index >= 15 is 0 Å².